The van der Waals surface area contributed by atoms with Crippen molar-refractivity contribution in [1.29, 1.82) is 0 Å². The van der Waals surface area contributed by atoms with E-state index in [0.717, 1.165) is 28.7 Å². The quantitative estimate of drug-likeness (QED) is 0.783. The first-order valence-electron chi connectivity index (χ1n) is 8.24. The number of H-pyrrole nitrogens is 1. The molecule has 0 bridgehead atoms. The molecule has 1 aliphatic heterocycles. The van der Waals surface area contributed by atoms with E-state index in [1.165, 1.54) is 12.3 Å². The zero-order valence-corrected chi connectivity index (χ0v) is 13.6. The van der Waals surface area contributed by atoms with Crippen molar-refractivity contribution in [3.8, 4) is 11.3 Å². The zero-order chi connectivity index (χ0) is 17.2. The average Bonchev–Trinajstić information content (AvgIpc) is 2.93. The van der Waals surface area contributed by atoms with Crippen molar-refractivity contribution in [3.05, 3.63) is 71.4 Å². The molecule has 5 nitrogen and oxygen atoms in total. The van der Waals surface area contributed by atoms with Gasteiger partial charge in [0.25, 0.3) is 5.91 Å². The van der Waals surface area contributed by atoms with Gasteiger partial charge >= 0.3 is 0 Å². The summed E-state index contributed by atoms with van der Waals surface area (Å²) in [6.45, 7) is 1.14. The number of nitrogens with zero attached hydrogens (tertiary/aromatic N) is 3. The lowest BCUT2D eigenvalue weighted by molar-refractivity contribution is 0.0762. The lowest BCUT2D eigenvalue weighted by Gasteiger charge is -2.20. The first-order valence-corrected chi connectivity index (χ1v) is 8.24. The van der Waals surface area contributed by atoms with Crippen LogP contribution in [0.4, 0.5) is 4.39 Å². The summed E-state index contributed by atoms with van der Waals surface area (Å²) in [4.78, 5) is 18.1. The molecule has 1 aliphatic rings. The molecule has 1 aromatic carbocycles. The highest BCUT2D eigenvalue weighted by molar-refractivity contribution is 5.94. The SMILES string of the molecule is O=C(c1cncc(F)c1)N1CCc2[nH]nc(-c3ccccc3)c2CC1. The summed E-state index contributed by atoms with van der Waals surface area (Å²) in [6.07, 6.45) is 3.92. The Kier molecular flexibility index (Phi) is 4.01. The number of pyridine rings is 1. The molecule has 126 valence electrons. The molecule has 1 N–H and O–H groups in total. The number of carbonyl (C=O) groups excluding carboxylic acids is 1. The lowest BCUT2D eigenvalue weighted by atomic mass is 10.0. The zero-order valence-electron chi connectivity index (χ0n) is 13.6. The van der Waals surface area contributed by atoms with Gasteiger partial charge < -0.3 is 4.90 Å². The fraction of sp³-hybridized carbons (Fsp3) is 0.211. The van der Waals surface area contributed by atoms with E-state index in [0.29, 0.717) is 25.9 Å². The standard InChI is InChI=1S/C19H17FN4O/c20-15-10-14(11-21-12-15)19(25)24-8-6-16-17(7-9-24)22-23-18(16)13-4-2-1-3-5-13/h1-5,10-12H,6-9H2,(H,22,23). The van der Waals surface area contributed by atoms with Gasteiger partial charge in [0.2, 0.25) is 0 Å². The molecule has 3 heterocycles. The van der Waals surface area contributed by atoms with Crippen LogP contribution in [0.2, 0.25) is 0 Å². The molecule has 0 fully saturated rings. The van der Waals surface area contributed by atoms with E-state index < -0.39 is 5.82 Å². The van der Waals surface area contributed by atoms with Crippen LogP contribution >= 0.6 is 0 Å². The van der Waals surface area contributed by atoms with Gasteiger partial charge in [0.05, 0.1) is 17.5 Å². The number of aromatic amines is 1. The van der Waals surface area contributed by atoms with Gasteiger partial charge in [-0.15, -0.1) is 0 Å². The number of carbonyl (C=O) groups is 1. The molecule has 6 heteroatoms. The summed E-state index contributed by atoms with van der Waals surface area (Å²) in [5.41, 5.74) is 4.50. The number of amides is 1. The second-order valence-electron chi connectivity index (χ2n) is 6.08. The van der Waals surface area contributed by atoms with Crippen molar-refractivity contribution < 1.29 is 9.18 Å². The maximum absolute atomic E-state index is 13.3. The van der Waals surface area contributed by atoms with E-state index in [1.807, 2.05) is 30.3 Å². The first kappa shape index (κ1) is 15.5. The number of hydrogen-bond donors (Lipinski definition) is 1. The Morgan fingerprint density at radius 1 is 1.12 bits per heavy atom. The van der Waals surface area contributed by atoms with E-state index in [1.54, 1.807) is 4.90 Å². The summed E-state index contributed by atoms with van der Waals surface area (Å²) < 4.78 is 13.3. The average molecular weight is 336 g/mol. The highest BCUT2D eigenvalue weighted by atomic mass is 19.1. The lowest BCUT2D eigenvalue weighted by Crippen LogP contribution is -2.33. The summed E-state index contributed by atoms with van der Waals surface area (Å²) in [7, 11) is 0. The van der Waals surface area contributed by atoms with Crippen LogP contribution in [-0.2, 0) is 12.8 Å². The van der Waals surface area contributed by atoms with Crippen LogP contribution in [0.1, 0.15) is 21.6 Å². The Labute approximate surface area is 144 Å². The molecular formula is C19H17FN4O. The Morgan fingerprint density at radius 2 is 1.92 bits per heavy atom. The molecule has 0 aliphatic carbocycles. The van der Waals surface area contributed by atoms with Gasteiger partial charge in [0, 0.05) is 42.5 Å². The first-order chi connectivity index (χ1) is 12.2. The van der Waals surface area contributed by atoms with Crippen LogP contribution in [0, 0.1) is 5.82 Å². The Morgan fingerprint density at radius 3 is 2.72 bits per heavy atom. The predicted octanol–water partition coefficient (Wildman–Crippen LogP) is 2.85. The Balaban J connectivity index is 1.57. The number of nitrogens with one attached hydrogen (secondary N) is 1. The predicted molar refractivity (Wildman–Crippen MR) is 91.5 cm³/mol. The number of benzene rings is 1. The van der Waals surface area contributed by atoms with Crippen LogP contribution in [0.3, 0.4) is 0 Å². The minimum absolute atomic E-state index is 0.189. The van der Waals surface area contributed by atoms with Crippen molar-refractivity contribution in [2.24, 2.45) is 0 Å². The minimum atomic E-state index is -0.499. The monoisotopic (exact) mass is 336 g/mol. The molecule has 0 radical (unpaired) electrons. The van der Waals surface area contributed by atoms with Gasteiger partial charge in [-0.25, -0.2) is 4.39 Å². The molecule has 0 atom stereocenters. The van der Waals surface area contributed by atoms with Crippen molar-refractivity contribution >= 4 is 5.91 Å². The van der Waals surface area contributed by atoms with Crippen molar-refractivity contribution in [2.45, 2.75) is 12.8 Å². The van der Waals surface area contributed by atoms with Crippen LogP contribution in [0.15, 0.2) is 48.8 Å². The molecular weight excluding hydrogens is 319 g/mol. The van der Waals surface area contributed by atoms with Crippen molar-refractivity contribution in [3.63, 3.8) is 0 Å². The van der Waals surface area contributed by atoms with Crippen molar-refractivity contribution in [2.75, 3.05) is 13.1 Å². The van der Waals surface area contributed by atoms with E-state index in [2.05, 4.69) is 15.2 Å². The van der Waals surface area contributed by atoms with E-state index in [9.17, 15) is 9.18 Å². The normalized spacial score (nSPS) is 14.0. The third kappa shape index (κ3) is 3.03. The maximum Gasteiger partial charge on any atom is 0.255 e. The number of hydrogen-bond acceptors (Lipinski definition) is 3. The van der Waals surface area contributed by atoms with Gasteiger partial charge in [-0.05, 0) is 12.5 Å². The fourth-order valence-electron chi connectivity index (χ4n) is 3.23. The number of rotatable bonds is 2. The molecule has 25 heavy (non-hydrogen) atoms. The Hall–Kier alpha value is -3.02. The highest BCUT2D eigenvalue weighted by Gasteiger charge is 2.24. The van der Waals surface area contributed by atoms with Crippen LogP contribution in [0.25, 0.3) is 11.3 Å². The molecule has 0 spiro atoms. The van der Waals surface area contributed by atoms with Crippen molar-refractivity contribution in [1.82, 2.24) is 20.1 Å². The molecule has 3 aromatic rings. The summed E-state index contributed by atoms with van der Waals surface area (Å²) in [6, 6.07) is 11.2. The van der Waals surface area contributed by atoms with Gasteiger partial charge in [-0.1, -0.05) is 30.3 Å². The molecule has 4 rings (SSSR count). The Bertz CT molecular complexity index is 907. The number of fused-ring (bicyclic) bond motifs is 1. The minimum Gasteiger partial charge on any atom is -0.338 e. The van der Waals surface area contributed by atoms with E-state index >= 15 is 0 Å². The third-order valence-electron chi connectivity index (χ3n) is 4.50. The molecule has 0 saturated heterocycles. The third-order valence-corrected chi connectivity index (χ3v) is 4.50. The molecule has 1 amide bonds. The van der Waals surface area contributed by atoms with Crippen LogP contribution in [-0.4, -0.2) is 39.1 Å². The van der Waals surface area contributed by atoms with Gasteiger partial charge in [-0.3, -0.25) is 14.9 Å². The topological polar surface area (TPSA) is 61.9 Å². The molecule has 0 unspecified atom stereocenters. The van der Waals surface area contributed by atoms with Gasteiger partial charge in [0.1, 0.15) is 5.82 Å². The van der Waals surface area contributed by atoms with E-state index in [-0.39, 0.29) is 11.5 Å². The number of halogens is 1. The second kappa shape index (κ2) is 6.47. The van der Waals surface area contributed by atoms with E-state index in [4.69, 9.17) is 0 Å². The van der Waals surface area contributed by atoms with Crippen LogP contribution in [0.5, 0.6) is 0 Å². The maximum atomic E-state index is 13.3. The molecule has 0 saturated carbocycles. The second-order valence-corrected chi connectivity index (χ2v) is 6.08. The smallest absolute Gasteiger partial charge is 0.255 e. The van der Waals surface area contributed by atoms with Gasteiger partial charge in [0.15, 0.2) is 0 Å². The summed E-state index contributed by atoms with van der Waals surface area (Å²) in [5.74, 6) is -0.687. The number of aromatic nitrogens is 3. The fourth-order valence-corrected chi connectivity index (χ4v) is 3.23. The highest BCUT2D eigenvalue weighted by Crippen LogP contribution is 2.26. The summed E-state index contributed by atoms with van der Waals surface area (Å²) >= 11 is 0. The van der Waals surface area contributed by atoms with Crippen LogP contribution < -0.4 is 0 Å². The van der Waals surface area contributed by atoms with Gasteiger partial charge in [-0.2, -0.15) is 5.10 Å². The summed E-state index contributed by atoms with van der Waals surface area (Å²) in [5, 5.41) is 7.57. The molecule has 2 aromatic heterocycles. The largest absolute Gasteiger partial charge is 0.338 e.